The average Bonchev–Trinajstić information content (AvgIpc) is 2.36. The van der Waals surface area contributed by atoms with Crippen molar-refractivity contribution in [1.29, 1.82) is 0 Å². The first kappa shape index (κ1) is 16.9. The molecule has 0 aromatic carbocycles. The highest BCUT2D eigenvalue weighted by atomic mass is 16.5. The first-order valence-corrected chi connectivity index (χ1v) is 7.15. The molecule has 0 radical (unpaired) electrons. The Labute approximate surface area is 108 Å². The molecule has 0 heterocycles. The number of methoxy groups -OCH3 is 1. The summed E-state index contributed by atoms with van der Waals surface area (Å²) in [5.41, 5.74) is 5.94. The molecule has 0 aromatic heterocycles. The molecule has 0 rings (SSSR count). The molecule has 0 aliphatic rings. The predicted octanol–water partition coefficient (Wildman–Crippen LogP) is 2.64. The zero-order valence-corrected chi connectivity index (χ0v) is 12.2. The van der Waals surface area contributed by atoms with Crippen molar-refractivity contribution in [2.75, 3.05) is 26.8 Å². The van der Waals surface area contributed by atoms with E-state index in [1.807, 2.05) is 0 Å². The summed E-state index contributed by atoms with van der Waals surface area (Å²) in [4.78, 5) is 2.53. The molecule has 0 aliphatic carbocycles. The van der Waals surface area contributed by atoms with Gasteiger partial charge in [0.2, 0.25) is 0 Å². The summed E-state index contributed by atoms with van der Waals surface area (Å²) in [5, 5.41) is 0. The van der Waals surface area contributed by atoms with E-state index in [1.54, 1.807) is 7.11 Å². The van der Waals surface area contributed by atoms with Crippen molar-refractivity contribution in [3.8, 4) is 0 Å². The molecule has 0 aliphatic heterocycles. The van der Waals surface area contributed by atoms with E-state index in [4.69, 9.17) is 10.5 Å². The van der Waals surface area contributed by atoms with Crippen molar-refractivity contribution in [3.63, 3.8) is 0 Å². The summed E-state index contributed by atoms with van der Waals surface area (Å²) in [6, 6.07) is 1.12. The normalized spacial score (nSPS) is 15.2. The highest BCUT2D eigenvalue weighted by Gasteiger charge is 2.20. The van der Waals surface area contributed by atoms with Crippen LogP contribution in [0.4, 0.5) is 0 Å². The fourth-order valence-corrected chi connectivity index (χ4v) is 2.24. The maximum Gasteiger partial charge on any atom is 0.0589 e. The van der Waals surface area contributed by atoms with Crippen molar-refractivity contribution in [2.24, 2.45) is 5.73 Å². The van der Waals surface area contributed by atoms with Gasteiger partial charge in [-0.3, -0.25) is 4.90 Å². The number of hydrogen-bond acceptors (Lipinski definition) is 3. The molecule has 0 aromatic rings. The molecular weight excluding hydrogens is 212 g/mol. The lowest BCUT2D eigenvalue weighted by Gasteiger charge is -2.35. The Morgan fingerprint density at radius 2 is 1.94 bits per heavy atom. The van der Waals surface area contributed by atoms with Crippen LogP contribution in [0.25, 0.3) is 0 Å². The summed E-state index contributed by atoms with van der Waals surface area (Å²) in [6.45, 7) is 9.34. The molecule has 2 unspecified atom stereocenters. The van der Waals surface area contributed by atoms with E-state index >= 15 is 0 Å². The second-order valence-electron chi connectivity index (χ2n) is 4.87. The predicted molar refractivity (Wildman–Crippen MR) is 75.3 cm³/mol. The molecule has 2 atom stereocenters. The molecule has 0 saturated carbocycles. The Kier molecular flexibility index (Phi) is 10.9. The van der Waals surface area contributed by atoms with Gasteiger partial charge in [0.15, 0.2) is 0 Å². The van der Waals surface area contributed by atoms with Gasteiger partial charge in [-0.05, 0) is 19.8 Å². The van der Waals surface area contributed by atoms with Crippen molar-refractivity contribution < 1.29 is 4.74 Å². The van der Waals surface area contributed by atoms with Crippen LogP contribution in [-0.2, 0) is 4.74 Å². The summed E-state index contributed by atoms with van der Waals surface area (Å²) in [7, 11) is 1.77. The highest BCUT2D eigenvalue weighted by Crippen LogP contribution is 2.14. The third-order valence-electron chi connectivity index (χ3n) is 3.59. The lowest BCUT2D eigenvalue weighted by atomic mass is 10.0. The van der Waals surface area contributed by atoms with Crippen molar-refractivity contribution >= 4 is 0 Å². The molecule has 3 heteroatoms. The van der Waals surface area contributed by atoms with Crippen LogP contribution in [0.15, 0.2) is 0 Å². The van der Waals surface area contributed by atoms with Crippen molar-refractivity contribution in [3.05, 3.63) is 0 Å². The first-order valence-electron chi connectivity index (χ1n) is 7.15. The maximum absolute atomic E-state index is 5.94. The highest BCUT2D eigenvalue weighted by molar-refractivity contribution is 4.77. The van der Waals surface area contributed by atoms with E-state index in [0.717, 1.165) is 19.7 Å². The summed E-state index contributed by atoms with van der Waals surface area (Å²) >= 11 is 0. The number of nitrogens with zero attached hydrogens (tertiary/aromatic N) is 1. The Hall–Kier alpha value is -0.120. The monoisotopic (exact) mass is 244 g/mol. The number of hydrogen-bond donors (Lipinski definition) is 1. The first-order chi connectivity index (χ1) is 8.21. The standard InChI is InChI=1S/C14H32N2O/c1-5-7-8-9-14(12-15)16(10-11-17-4)13(3)6-2/h13-14H,5-12,15H2,1-4H3. The van der Waals surface area contributed by atoms with Crippen LogP contribution in [0.3, 0.4) is 0 Å². The quantitative estimate of drug-likeness (QED) is 0.568. The molecule has 2 N–H and O–H groups in total. The molecule has 0 bridgehead atoms. The van der Waals surface area contributed by atoms with E-state index in [2.05, 4.69) is 25.7 Å². The van der Waals surface area contributed by atoms with E-state index in [9.17, 15) is 0 Å². The van der Waals surface area contributed by atoms with Gasteiger partial charge in [-0.15, -0.1) is 0 Å². The van der Waals surface area contributed by atoms with Gasteiger partial charge in [0, 0.05) is 32.3 Å². The van der Waals surface area contributed by atoms with Gasteiger partial charge in [-0.1, -0.05) is 33.1 Å². The smallest absolute Gasteiger partial charge is 0.0589 e. The second-order valence-corrected chi connectivity index (χ2v) is 4.87. The van der Waals surface area contributed by atoms with Crippen molar-refractivity contribution in [2.45, 2.75) is 65.0 Å². The minimum absolute atomic E-state index is 0.520. The van der Waals surface area contributed by atoms with Gasteiger partial charge in [0.05, 0.1) is 6.61 Å². The van der Waals surface area contributed by atoms with Gasteiger partial charge >= 0.3 is 0 Å². The van der Waals surface area contributed by atoms with E-state index in [-0.39, 0.29) is 0 Å². The number of ether oxygens (including phenoxy) is 1. The minimum Gasteiger partial charge on any atom is -0.383 e. The summed E-state index contributed by atoms with van der Waals surface area (Å²) in [5.74, 6) is 0. The molecule has 104 valence electrons. The zero-order valence-electron chi connectivity index (χ0n) is 12.2. The maximum atomic E-state index is 5.94. The lowest BCUT2D eigenvalue weighted by Crippen LogP contribution is -2.47. The van der Waals surface area contributed by atoms with Crippen molar-refractivity contribution in [1.82, 2.24) is 4.90 Å². The fraction of sp³-hybridized carbons (Fsp3) is 1.00. The molecule has 0 fully saturated rings. The van der Waals surface area contributed by atoms with Crippen LogP contribution in [0.1, 0.15) is 52.9 Å². The topological polar surface area (TPSA) is 38.5 Å². The minimum atomic E-state index is 0.520. The van der Waals surface area contributed by atoms with E-state index in [1.165, 1.54) is 32.1 Å². The Morgan fingerprint density at radius 3 is 2.41 bits per heavy atom. The van der Waals surface area contributed by atoms with Crippen LogP contribution in [0, 0.1) is 0 Å². The largest absolute Gasteiger partial charge is 0.383 e. The third-order valence-corrected chi connectivity index (χ3v) is 3.59. The van der Waals surface area contributed by atoms with Crippen LogP contribution < -0.4 is 5.73 Å². The lowest BCUT2D eigenvalue weighted by molar-refractivity contribution is 0.0857. The van der Waals surface area contributed by atoms with E-state index in [0.29, 0.717) is 12.1 Å². The average molecular weight is 244 g/mol. The second kappa shape index (κ2) is 11.0. The van der Waals surface area contributed by atoms with Crippen LogP contribution in [0.5, 0.6) is 0 Å². The number of unbranched alkanes of at least 4 members (excludes halogenated alkanes) is 2. The molecule has 0 saturated heterocycles. The van der Waals surface area contributed by atoms with Gasteiger partial charge in [0.1, 0.15) is 0 Å². The Morgan fingerprint density at radius 1 is 1.24 bits per heavy atom. The van der Waals surface area contributed by atoms with Gasteiger partial charge in [-0.25, -0.2) is 0 Å². The SMILES string of the molecule is CCCCCC(CN)N(CCOC)C(C)CC. The van der Waals surface area contributed by atoms with Gasteiger partial charge in [0.25, 0.3) is 0 Å². The van der Waals surface area contributed by atoms with Crippen LogP contribution >= 0.6 is 0 Å². The van der Waals surface area contributed by atoms with Gasteiger partial charge in [-0.2, -0.15) is 0 Å². The van der Waals surface area contributed by atoms with Crippen LogP contribution in [0.2, 0.25) is 0 Å². The van der Waals surface area contributed by atoms with Gasteiger partial charge < -0.3 is 10.5 Å². The Balaban J connectivity index is 4.26. The molecular formula is C14H32N2O. The third kappa shape index (κ3) is 7.02. The summed E-state index contributed by atoms with van der Waals surface area (Å²) < 4.78 is 5.20. The number of rotatable bonds is 11. The number of nitrogens with two attached hydrogens (primary N) is 1. The summed E-state index contributed by atoms with van der Waals surface area (Å²) in [6.07, 6.45) is 6.28. The molecule has 0 amide bonds. The Bertz CT molecular complexity index is 164. The molecule has 3 nitrogen and oxygen atoms in total. The van der Waals surface area contributed by atoms with E-state index < -0.39 is 0 Å². The zero-order chi connectivity index (χ0) is 13.1. The molecule has 17 heavy (non-hydrogen) atoms. The van der Waals surface area contributed by atoms with Crippen LogP contribution in [-0.4, -0.2) is 43.8 Å². The fourth-order valence-electron chi connectivity index (χ4n) is 2.24. The molecule has 0 spiro atoms.